The molecule has 0 atom stereocenters. The molecule has 7 nitrogen and oxygen atoms in total. The molecule has 0 radical (unpaired) electrons. The van der Waals surface area contributed by atoms with Crippen LogP contribution in [0.4, 0.5) is 10.1 Å². The van der Waals surface area contributed by atoms with Crippen molar-refractivity contribution >= 4 is 11.6 Å². The summed E-state index contributed by atoms with van der Waals surface area (Å²) < 4.78 is 19.4. The van der Waals surface area contributed by atoms with Crippen LogP contribution in [0.25, 0.3) is 0 Å². The number of halogens is 1. The number of hydrogen-bond acceptors (Lipinski definition) is 6. The van der Waals surface area contributed by atoms with Gasteiger partial charge < -0.3 is 14.6 Å². The quantitative estimate of drug-likeness (QED) is 0.691. The van der Waals surface area contributed by atoms with Crippen molar-refractivity contribution in [3.8, 4) is 0 Å². The highest BCUT2D eigenvalue weighted by atomic mass is 19.1. The third-order valence-corrected chi connectivity index (χ3v) is 4.91. The second-order valence-electron chi connectivity index (χ2n) is 6.88. The number of aromatic nitrogens is 2. The van der Waals surface area contributed by atoms with Crippen molar-refractivity contribution in [2.75, 3.05) is 31.1 Å². The minimum atomic E-state index is -0.277. The summed E-state index contributed by atoms with van der Waals surface area (Å²) in [5, 5.41) is 2.82. The summed E-state index contributed by atoms with van der Waals surface area (Å²) in [6.45, 7) is 3.90. The van der Waals surface area contributed by atoms with Crippen molar-refractivity contribution < 1.29 is 13.6 Å². The molecule has 3 heterocycles. The number of rotatable bonds is 6. The van der Waals surface area contributed by atoms with Crippen LogP contribution in [0.5, 0.6) is 0 Å². The first-order valence-corrected chi connectivity index (χ1v) is 9.52. The third-order valence-electron chi connectivity index (χ3n) is 4.91. The predicted octanol–water partition coefficient (Wildman–Crippen LogP) is 2.46. The van der Waals surface area contributed by atoms with Crippen LogP contribution in [0, 0.1) is 5.82 Å². The summed E-state index contributed by atoms with van der Waals surface area (Å²) in [6.07, 6.45) is 4.75. The number of oxazole rings is 1. The second kappa shape index (κ2) is 8.83. The van der Waals surface area contributed by atoms with Crippen LogP contribution in [-0.2, 0) is 13.1 Å². The molecule has 4 rings (SSSR count). The highest BCUT2D eigenvalue weighted by Crippen LogP contribution is 2.20. The maximum atomic E-state index is 13.9. The van der Waals surface area contributed by atoms with Crippen molar-refractivity contribution in [3.05, 3.63) is 78.0 Å². The molecule has 1 aliphatic rings. The Hall–Kier alpha value is -3.26. The maximum absolute atomic E-state index is 13.9. The van der Waals surface area contributed by atoms with E-state index in [0.29, 0.717) is 24.7 Å². The lowest BCUT2D eigenvalue weighted by Gasteiger charge is -2.35. The average molecular weight is 395 g/mol. The zero-order chi connectivity index (χ0) is 20.1. The van der Waals surface area contributed by atoms with Gasteiger partial charge >= 0.3 is 0 Å². The fourth-order valence-corrected chi connectivity index (χ4v) is 3.31. The molecule has 0 bridgehead atoms. The van der Waals surface area contributed by atoms with Gasteiger partial charge in [0.1, 0.15) is 12.1 Å². The summed E-state index contributed by atoms with van der Waals surface area (Å²) in [5.74, 6) is 0.0238. The normalized spacial score (nSPS) is 14.7. The van der Waals surface area contributed by atoms with Crippen LogP contribution < -0.4 is 10.2 Å². The van der Waals surface area contributed by atoms with Crippen LogP contribution in [0.3, 0.4) is 0 Å². The summed E-state index contributed by atoms with van der Waals surface area (Å²) in [4.78, 5) is 24.7. The smallest absolute Gasteiger partial charge is 0.273 e. The zero-order valence-corrected chi connectivity index (χ0v) is 15.9. The van der Waals surface area contributed by atoms with Crippen molar-refractivity contribution in [1.29, 1.82) is 0 Å². The van der Waals surface area contributed by atoms with Gasteiger partial charge in [0.15, 0.2) is 5.69 Å². The van der Waals surface area contributed by atoms with E-state index in [0.717, 1.165) is 31.7 Å². The second-order valence-corrected chi connectivity index (χ2v) is 6.88. The first kappa shape index (κ1) is 19.1. The molecule has 1 N–H and O–H groups in total. The number of anilines is 1. The van der Waals surface area contributed by atoms with Gasteiger partial charge in [0.25, 0.3) is 5.91 Å². The number of nitrogens with one attached hydrogen (secondary N) is 1. The Labute approximate surface area is 168 Å². The lowest BCUT2D eigenvalue weighted by molar-refractivity contribution is 0.0945. The van der Waals surface area contributed by atoms with E-state index in [1.54, 1.807) is 24.5 Å². The minimum absolute atomic E-state index is 0.198. The molecule has 1 saturated heterocycles. The molecule has 150 valence electrons. The highest BCUT2D eigenvalue weighted by Gasteiger charge is 2.21. The lowest BCUT2D eigenvalue weighted by atomic mass is 10.2. The molecule has 1 amide bonds. The topological polar surface area (TPSA) is 74.5 Å². The average Bonchev–Trinajstić information content (AvgIpc) is 3.22. The number of nitrogens with zero attached hydrogens (tertiary/aromatic N) is 4. The SMILES string of the molecule is O=C(NCc1ccncc1)c1coc(CN2CCN(c3ccccc3F)CC2)n1. The van der Waals surface area contributed by atoms with E-state index in [4.69, 9.17) is 4.42 Å². The summed E-state index contributed by atoms with van der Waals surface area (Å²) in [6, 6.07) is 10.5. The summed E-state index contributed by atoms with van der Waals surface area (Å²) in [7, 11) is 0. The van der Waals surface area contributed by atoms with E-state index in [1.807, 2.05) is 23.1 Å². The number of carbonyl (C=O) groups excluding carboxylic acids is 1. The van der Waals surface area contributed by atoms with Crippen LogP contribution in [-0.4, -0.2) is 47.0 Å². The summed E-state index contributed by atoms with van der Waals surface area (Å²) in [5.41, 5.74) is 1.86. The van der Waals surface area contributed by atoms with Crippen molar-refractivity contribution in [1.82, 2.24) is 20.2 Å². The van der Waals surface area contributed by atoms with Gasteiger partial charge in [0, 0.05) is 45.1 Å². The number of piperazine rings is 1. The van der Waals surface area contributed by atoms with E-state index < -0.39 is 0 Å². The molecule has 0 saturated carbocycles. The molecule has 3 aromatic rings. The number of para-hydroxylation sites is 1. The molecule has 1 fully saturated rings. The van der Waals surface area contributed by atoms with Gasteiger partial charge in [-0.15, -0.1) is 0 Å². The molecular weight excluding hydrogens is 373 g/mol. The lowest BCUT2D eigenvalue weighted by Crippen LogP contribution is -2.46. The Bertz CT molecular complexity index is 954. The van der Waals surface area contributed by atoms with Crippen LogP contribution >= 0.6 is 0 Å². The van der Waals surface area contributed by atoms with Gasteiger partial charge in [-0.3, -0.25) is 14.7 Å². The first-order valence-electron chi connectivity index (χ1n) is 9.52. The molecule has 0 spiro atoms. The maximum Gasteiger partial charge on any atom is 0.273 e. The highest BCUT2D eigenvalue weighted by molar-refractivity contribution is 5.91. The first-order chi connectivity index (χ1) is 14.2. The van der Waals surface area contributed by atoms with E-state index in [-0.39, 0.29) is 17.4 Å². The summed E-state index contributed by atoms with van der Waals surface area (Å²) >= 11 is 0. The van der Waals surface area contributed by atoms with Gasteiger partial charge in [-0.25, -0.2) is 9.37 Å². The fourth-order valence-electron chi connectivity index (χ4n) is 3.31. The monoisotopic (exact) mass is 395 g/mol. The number of carbonyl (C=O) groups is 1. The zero-order valence-electron chi connectivity index (χ0n) is 15.9. The van der Waals surface area contributed by atoms with E-state index in [1.165, 1.54) is 12.3 Å². The standard InChI is InChI=1S/C21H22FN5O2/c22-17-3-1-2-4-19(17)27-11-9-26(10-12-27)14-20-25-18(15-29-20)21(28)24-13-16-5-7-23-8-6-16/h1-8,15H,9-14H2,(H,24,28). The number of hydrogen-bond donors (Lipinski definition) is 1. The molecule has 0 aliphatic carbocycles. The van der Waals surface area contributed by atoms with Gasteiger partial charge in [0.05, 0.1) is 12.2 Å². The third kappa shape index (κ3) is 4.78. The number of benzene rings is 1. The van der Waals surface area contributed by atoms with Gasteiger partial charge in [-0.1, -0.05) is 12.1 Å². The van der Waals surface area contributed by atoms with Gasteiger partial charge in [0.2, 0.25) is 5.89 Å². The molecule has 8 heteroatoms. The molecule has 29 heavy (non-hydrogen) atoms. The molecule has 0 unspecified atom stereocenters. The minimum Gasteiger partial charge on any atom is -0.447 e. The van der Waals surface area contributed by atoms with Crippen molar-refractivity contribution in [2.45, 2.75) is 13.1 Å². The van der Waals surface area contributed by atoms with Gasteiger partial charge in [-0.2, -0.15) is 0 Å². The van der Waals surface area contributed by atoms with Crippen LogP contribution in [0.1, 0.15) is 21.9 Å². The van der Waals surface area contributed by atoms with Crippen molar-refractivity contribution in [2.24, 2.45) is 0 Å². The fraction of sp³-hybridized carbons (Fsp3) is 0.286. The Kier molecular flexibility index (Phi) is 5.81. The van der Waals surface area contributed by atoms with E-state index >= 15 is 0 Å². The van der Waals surface area contributed by atoms with Crippen LogP contribution in [0.2, 0.25) is 0 Å². The molecule has 1 aromatic carbocycles. The van der Waals surface area contributed by atoms with E-state index in [9.17, 15) is 9.18 Å². The number of amides is 1. The Balaban J connectivity index is 1.27. The van der Waals surface area contributed by atoms with E-state index in [2.05, 4.69) is 20.2 Å². The molecule has 1 aliphatic heterocycles. The Morgan fingerprint density at radius 2 is 1.86 bits per heavy atom. The van der Waals surface area contributed by atoms with Gasteiger partial charge in [-0.05, 0) is 29.8 Å². The Morgan fingerprint density at radius 1 is 1.10 bits per heavy atom. The predicted molar refractivity (Wildman–Crippen MR) is 106 cm³/mol. The van der Waals surface area contributed by atoms with Crippen molar-refractivity contribution in [3.63, 3.8) is 0 Å². The van der Waals surface area contributed by atoms with Crippen LogP contribution in [0.15, 0.2) is 59.5 Å². The molecular formula is C21H22FN5O2. The number of pyridine rings is 1. The molecule has 2 aromatic heterocycles. The Morgan fingerprint density at radius 3 is 2.62 bits per heavy atom. The largest absolute Gasteiger partial charge is 0.447 e.